The average Bonchev–Trinajstić information content (AvgIpc) is 3.87. The SMILES string of the molecule is CCC1=C(C)c2cc3nc(c4c5[nH]c(cc6[nH]c(c(CC)c6C)c(-c6ccc(C(=O)OC)cc6)c1n2)c(C)c5C1C=CC4C2=C1C(=O)c1ccccc1C2=O)C(C)=C3C. The molecule has 0 radical (unpaired) electrons. The van der Waals surface area contributed by atoms with Gasteiger partial charge in [-0.1, -0.05) is 62.4 Å². The minimum atomic E-state index is -0.483. The zero-order valence-corrected chi connectivity index (χ0v) is 34.5. The number of nitrogens with one attached hydrogen (secondary N) is 2. The molecule has 2 atom stereocenters. The van der Waals surface area contributed by atoms with Crippen LogP contribution in [0, 0.1) is 13.8 Å². The van der Waals surface area contributed by atoms with Crippen molar-refractivity contribution in [3.05, 3.63) is 151 Å². The first-order valence-electron chi connectivity index (χ1n) is 20.4. The van der Waals surface area contributed by atoms with Gasteiger partial charge in [-0.15, -0.1) is 0 Å². The Kier molecular flexibility index (Phi) is 8.19. The number of carbonyl (C=O) groups is 3. The first-order valence-corrected chi connectivity index (χ1v) is 20.4. The van der Waals surface area contributed by atoms with E-state index in [1.165, 1.54) is 12.7 Å². The van der Waals surface area contributed by atoms with E-state index in [4.69, 9.17) is 14.7 Å². The highest BCUT2D eigenvalue weighted by atomic mass is 16.5. The Morgan fingerprint density at radius 2 is 1.27 bits per heavy atom. The Morgan fingerprint density at radius 1 is 0.678 bits per heavy atom. The maximum atomic E-state index is 14.6. The second kappa shape index (κ2) is 13.2. The third-order valence-electron chi connectivity index (χ3n) is 13.5. The Bertz CT molecular complexity index is 3110. The molecule has 59 heavy (non-hydrogen) atoms. The van der Waals surface area contributed by atoms with E-state index in [0.29, 0.717) is 27.8 Å². The topological polar surface area (TPSA) is 118 Å². The number of hydrogen-bond acceptors (Lipinski definition) is 6. The molecule has 3 aromatic heterocycles. The van der Waals surface area contributed by atoms with E-state index in [9.17, 15) is 14.4 Å². The van der Waals surface area contributed by atoms with Crippen molar-refractivity contribution >= 4 is 61.9 Å². The van der Waals surface area contributed by atoms with Crippen molar-refractivity contribution in [2.45, 2.75) is 73.1 Å². The number of fused-ring (bicyclic) bond motifs is 11. The maximum absolute atomic E-state index is 14.6. The van der Waals surface area contributed by atoms with E-state index in [1.807, 2.05) is 36.4 Å². The van der Waals surface area contributed by atoms with Crippen molar-refractivity contribution in [2.24, 2.45) is 0 Å². The Labute approximate surface area is 342 Å². The molecule has 5 aromatic rings. The average molecular weight is 777 g/mol. The molecule has 10 rings (SSSR count). The molecule has 0 saturated heterocycles. The number of aromatic nitrogens is 4. The number of Topliss-reactive ketones (excluding diaryl/α,β-unsaturated/α-hetero) is 2. The van der Waals surface area contributed by atoms with Gasteiger partial charge in [-0.3, -0.25) is 9.59 Å². The summed E-state index contributed by atoms with van der Waals surface area (Å²) in [4.78, 5) is 60.4. The Balaban J connectivity index is 1.37. The number of methoxy groups -OCH3 is 1. The second-order valence-electron chi connectivity index (χ2n) is 16.2. The molecule has 2 aromatic carbocycles. The quantitative estimate of drug-likeness (QED) is 0.139. The first kappa shape index (κ1) is 36.7. The predicted octanol–water partition coefficient (Wildman–Crippen LogP) is 11.4. The lowest BCUT2D eigenvalue weighted by Crippen LogP contribution is -2.29. The number of aromatic amines is 2. The third kappa shape index (κ3) is 5.05. The molecule has 2 aliphatic heterocycles. The van der Waals surface area contributed by atoms with E-state index >= 15 is 0 Å². The molecule has 10 bridgehead atoms. The van der Waals surface area contributed by atoms with Gasteiger partial charge in [0.1, 0.15) is 0 Å². The van der Waals surface area contributed by atoms with Crippen molar-refractivity contribution in [3.8, 4) is 11.1 Å². The van der Waals surface area contributed by atoms with Crippen LogP contribution < -0.4 is 0 Å². The normalized spacial score (nSPS) is 17.8. The number of ether oxygens (including phenoxy) is 1. The fourth-order valence-corrected chi connectivity index (χ4v) is 10.2. The summed E-state index contributed by atoms with van der Waals surface area (Å²) in [7, 11) is 1.39. The number of carbonyl (C=O) groups excluding carboxylic acids is 3. The van der Waals surface area contributed by atoms with Crippen LogP contribution in [0.15, 0.2) is 84.0 Å². The van der Waals surface area contributed by atoms with Crippen LogP contribution in [-0.4, -0.2) is 44.6 Å². The fourth-order valence-electron chi connectivity index (χ4n) is 10.2. The van der Waals surface area contributed by atoms with Gasteiger partial charge in [-0.05, 0) is 122 Å². The predicted molar refractivity (Wildman–Crippen MR) is 234 cm³/mol. The Hall–Kier alpha value is -6.67. The number of esters is 1. The number of benzene rings is 2. The lowest BCUT2D eigenvalue weighted by atomic mass is 9.70. The summed E-state index contributed by atoms with van der Waals surface area (Å²) < 4.78 is 5.04. The first-order chi connectivity index (χ1) is 28.5. The van der Waals surface area contributed by atoms with Gasteiger partial charge in [0.15, 0.2) is 11.6 Å². The van der Waals surface area contributed by atoms with Gasteiger partial charge >= 0.3 is 5.97 Å². The van der Waals surface area contributed by atoms with Gasteiger partial charge in [0.05, 0.1) is 41.0 Å². The zero-order valence-electron chi connectivity index (χ0n) is 34.5. The molecule has 8 nitrogen and oxygen atoms in total. The number of H-pyrrole nitrogens is 2. The van der Waals surface area contributed by atoms with Gasteiger partial charge in [-0.25, -0.2) is 14.8 Å². The van der Waals surface area contributed by atoms with Crippen LogP contribution >= 0.6 is 0 Å². The zero-order chi connectivity index (χ0) is 41.2. The molecule has 2 N–H and O–H groups in total. The summed E-state index contributed by atoms with van der Waals surface area (Å²) >= 11 is 0. The highest BCUT2D eigenvalue weighted by molar-refractivity contribution is 6.29. The largest absolute Gasteiger partial charge is 0.465 e. The number of nitrogens with zero attached hydrogens (tertiary/aromatic N) is 2. The maximum Gasteiger partial charge on any atom is 0.337 e. The third-order valence-corrected chi connectivity index (χ3v) is 13.5. The second-order valence-corrected chi connectivity index (χ2v) is 16.2. The van der Waals surface area contributed by atoms with Crippen LogP contribution in [0.5, 0.6) is 0 Å². The van der Waals surface area contributed by atoms with Crippen LogP contribution in [0.4, 0.5) is 0 Å². The standard InChI is InChI=1S/C51H44N4O4/c1-9-30-25(5)37-21-36-23(3)24(4)45(52-36)44-35-20-19-34(42-43(35)50(57)33-14-12-11-13-32(33)49(42)56)40-27(7)39(55-48(40)44)22-38-26(6)31(10-2)47(54-38)41(46(30)53-37)28-15-17-29(18-16-28)51(58)59-8/h11-22,34-35,54-55H,9-10H2,1-8H3. The van der Waals surface area contributed by atoms with Crippen LogP contribution in [0.1, 0.15) is 135 Å². The minimum Gasteiger partial charge on any atom is -0.465 e. The van der Waals surface area contributed by atoms with Crippen molar-refractivity contribution in [1.29, 1.82) is 0 Å². The molecule has 8 heteroatoms. The summed E-state index contributed by atoms with van der Waals surface area (Å²) in [6.45, 7) is 15.0. The minimum absolute atomic E-state index is 0.0900. The van der Waals surface area contributed by atoms with E-state index < -0.39 is 11.8 Å². The summed E-state index contributed by atoms with van der Waals surface area (Å²) in [6.07, 6.45) is 5.78. The summed E-state index contributed by atoms with van der Waals surface area (Å²) in [5.41, 5.74) is 21.0. The van der Waals surface area contributed by atoms with E-state index in [1.54, 1.807) is 12.1 Å². The van der Waals surface area contributed by atoms with E-state index in [0.717, 1.165) is 113 Å². The number of allylic oxidation sites excluding steroid dienone is 8. The molecule has 5 aliphatic rings. The number of ketones is 2. The van der Waals surface area contributed by atoms with Gasteiger partial charge in [0.25, 0.3) is 0 Å². The highest BCUT2D eigenvalue weighted by Gasteiger charge is 2.46. The summed E-state index contributed by atoms with van der Waals surface area (Å²) in [5, 5.41) is 0. The van der Waals surface area contributed by atoms with Gasteiger partial charge in [0, 0.05) is 61.8 Å². The van der Waals surface area contributed by atoms with Crippen LogP contribution in [0.3, 0.4) is 0 Å². The summed E-state index contributed by atoms with van der Waals surface area (Å²) in [6, 6.07) is 19.1. The smallest absolute Gasteiger partial charge is 0.337 e. The monoisotopic (exact) mass is 776 g/mol. The highest BCUT2D eigenvalue weighted by Crippen LogP contribution is 2.54. The summed E-state index contributed by atoms with van der Waals surface area (Å²) in [5.74, 6) is -1.47. The van der Waals surface area contributed by atoms with Crippen molar-refractivity contribution in [3.63, 3.8) is 0 Å². The van der Waals surface area contributed by atoms with Gasteiger partial charge in [0.2, 0.25) is 0 Å². The number of hydrogen-bond donors (Lipinski definition) is 2. The molecule has 292 valence electrons. The Morgan fingerprint density at radius 3 is 1.90 bits per heavy atom. The van der Waals surface area contributed by atoms with Crippen LogP contribution in [-0.2, 0) is 11.2 Å². The molecule has 0 amide bonds. The van der Waals surface area contributed by atoms with E-state index in [-0.39, 0.29) is 17.5 Å². The number of rotatable bonds is 4. The van der Waals surface area contributed by atoms with Gasteiger partial charge in [-0.2, -0.15) is 0 Å². The molecule has 3 aliphatic carbocycles. The molecule has 2 unspecified atom stereocenters. The number of aryl methyl sites for hydroxylation is 3. The molecular formula is C51H44N4O4. The molecule has 5 heterocycles. The van der Waals surface area contributed by atoms with E-state index in [2.05, 4.69) is 82.7 Å². The van der Waals surface area contributed by atoms with Crippen molar-refractivity contribution in [2.75, 3.05) is 7.11 Å². The van der Waals surface area contributed by atoms with Gasteiger partial charge < -0.3 is 14.7 Å². The van der Waals surface area contributed by atoms with Crippen LogP contribution in [0.25, 0.3) is 55.5 Å². The lowest BCUT2D eigenvalue weighted by molar-refractivity contribution is 0.0600. The fraction of sp³-hybridized carbons (Fsp3) is 0.235. The molecule has 0 fully saturated rings. The molecule has 0 saturated carbocycles. The van der Waals surface area contributed by atoms with Crippen molar-refractivity contribution in [1.82, 2.24) is 19.9 Å². The molecular weight excluding hydrogens is 733 g/mol. The van der Waals surface area contributed by atoms with Crippen LogP contribution in [0.2, 0.25) is 0 Å². The molecule has 0 spiro atoms. The van der Waals surface area contributed by atoms with Crippen molar-refractivity contribution < 1.29 is 19.1 Å². The lowest BCUT2D eigenvalue weighted by Gasteiger charge is -2.30.